The van der Waals surface area contributed by atoms with Gasteiger partial charge in [0, 0.05) is 37.8 Å². The van der Waals surface area contributed by atoms with Gasteiger partial charge in [-0.25, -0.2) is 13.1 Å². The second-order valence-electron chi connectivity index (χ2n) is 9.47. The molecule has 2 atom stereocenters. The second kappa shape index (κ2) is 7.93. The SMILES string of the molecule is CNc1cnnc(-c2noc3c(N4C[C@H](C)N[C@@H](C)C4)cc(S(=O)(=O)NC4(C)CC4)cc23)c1. The van der Waals surface area contributed by atoms with Gasteiger partial charge in [-0.05, 0) is 51.8 Å². The maximum atomic E-state index is 13.3. The predicted octanol–water partition coefficient (Wildman–Crippen LogP) is 2.34. The average molecular weight is 472 g/mol. The molecule has 3 aromatic rings. The lowest BCUT2D eigenvalue weighted by Crippen LogP contribution is -2.54. The van der Waals surface area contributed by atoms with E-state index in [0.29, 0.717) is 28.0 Å². The minimum Gasteiger partial charge on any atom is -0.387 e. The van der Waals surface area contributed by atoms with Gasteiger partial charge >= 0.3 is 0 Å². The van der Waals surface area contributed by atoms with E-state index in [2.05, 4.69) is 49.5 Å². The minimum atomic E-state index is -3.73. The van der Waals surface area contributed by atoms with Crippen LogP contribution in [-0.4, -0.2) is 61.5 Å². The van der Waals surface area contributed by atoms with Gasteiger partial charge in [-0.15, -0.1) is 5.10 Å². The van der Waals surface area contributed by atoms with Gasteiger partial charge in [-0.3, -0.25) is 0 Å². The molecule has 176 valence electrons. The van der Waals surface area contributed by atoms with Gasteiger partial charge in [-0.2, -0.15) is 5.10 Å². The highest BCUT2D eigenvalue weighted by Crippen LogP contribution is 2.39. The van der Waals surface area contributed by atoms with Gasteiger partial charge < -0.3 is 20.1 Å². The number of aromatic nitrogens is 3. The Labute approximate surface area is 193 Å². The molecule has 3 heterocycles. The van der Waals surface area contributed by atoms with Gasteiger partial charge in [0.15, 0.2) is 5.58 Å². The summed E-state index contributed by atoms with van der Waals surface area (Å²) in [5, 5.41) is 19.7. The highest BCUT2D eigenvalue weighted by atomic mass is 32.2. The number of rotatable bonds is 6. The van der Waals surface area contributed by atoms with Crippen molar-refractivity contribution in [3.63, 3.8) is 0 Å². The highest BCUT2D eigenvalue weighted by molar-refractivity contribution is 7.89. The molecule has 5 rings (SSSR count). The molecule has 2 fully saturated rings. The van der Waals surface area contributed by atoms with E-state index >= 15 is 0 Å². The summed E-state index contributed by atoms with van der Waals surface area (Å²) in [6.07, 6.45) is 3.27. The fourth-order valence-corrected chi connectivity index (χ4v) is 5.90. The molecule has 0 amide bonds. The van der Waals surface area contributed by atoms with Gasteiger partial charge in [0.05, 0.1) is 27.9 Å². The molecule has 1 aliphatic carbocycles. The molecule has 0 unspecified atom stereocenters. The maximum absolute atomic E-state index is 13.3. The predicted molar refractivity (Wildman–Crippen MR) is 127 cm³/mol. The van der Waals surface area contributed by atoms with E-state index in [1.165, 1.54) is 0 Å². The summed E-state index contributed by atoms with van der Waals surface area (Å²) >= 11 is 0. The topological polar surface area (TPSA) is 125 Å². The summed E-state index contributed by atoms with van der Waals surface area (Å²) in [6, 6.07) is 5.62. The first-order valence-corrected chi connectivity index (χ1v) is 12.6. The molecule has 2 aromatic heterocycles. The summed E-state index contributed by atoms with van der Waals surface area (Å²) in [4.78, 5) is 2.36. The van der Waals surface area contributed by atoms with Crippen molar-refractivity contribution in [3.8, 4) is 11.4 Å². The zero-order valence-corrected chi connectivity index (χ0v) is 20.0. The van der Waals surface area contributed by atoms with Crippen molar-refractivity contribution in [2.75, 3.05) is 30.4 Å². The van der Waals surface area contributed by atoms with Crippen molar-refractivity contribution in [1.82, 2.24) is 25.4 Å². The van der Waals surface area contributed by atoms with Crippen LogP contribution in [0.3, 0.4) is 0 Å². The Bertz CT molecular complexity index is 1290. The van der Waals surface area contributed by atoms with Crippen LogP contribution in [0.25, 0.3) is 22.4 Å². The van der Waals surface area contributed by atoms with Crippen LogP contribution in [0.2, 0.25) is 0 Å². The first-order valence-electron chi connectivity index (χ1n) is 11.2. The van der Waals surface area contributed by atoms with Crippen LogP contribution < -0.4 is 20.3 Å². The first kappa shape index (κ1) is 22.1. The third-order valence-electron chi connectivity index (χ3n) is 6.30. The molecule has 1 saturated carbocycles. The number of benzene rings is 1. The Kier molecular flexibility index (Phi) is 5.30. The lowest BCUT2D eigenvalue weighted by Gasteiger charge is -2.37. The Morgan fingerprint density at radius 2 is 1.91 bits per heavy atom. The Morgan fingerprint density at radius 1 is 1.18 bits per heavy atom. The van der Waals surface area contributed by atoms with Crippen LogP contribution in [0, 0.1) is 0 Å². The maximum Gasteiger partial charge on any atom is 0.241 e. The first-order chi connectivity index (χ1) is 15.7. The van der Waals surface area contributed by atoms with Gasteiger partial charge in [0.1, 0.15) is 11.4 Å². The third-order valence-corrected chi connectivity index (χ3v) is 7.92. The molecule has 2 aliphatic rings. The van der Waals surface area contributed by atoms with Crippen molar-refractivity contribution in [3.05, 3.63) is 24.4 Å². The second-order valence-corrected chi connectivity index (χ2v) is 11.2. The van der Waals surface area contributed by atoms with Crippen LogP contribution in [0.15, 0.2) is 33.8 Å². The fraction of sp³-hybridized carbons (Fsp3) is 0.500. The Morgan fingerprint density at radius 3 is 2.58 bits per heavy atom. The van der Waals surface area contributed by atoms with E-state index in [0.717, 1.165) is 31.6 Å². The van der Waals surface area contributed by atoms with Crippen LogP contribution in [0.1, 0.15) is 33.6 Å². The average Bonchev–Trinajstić information content (AvgIpc) is 3.32. The number of nitrogens with zero attached hydrogens (tertiary/aromatic N) is 4. The number of piperazine rings is 1. The zero-order valence-electron chi connectivity index (χ0n) is 19.2. The molecule has 1 aliphatic heterocycles. The Hall–Kier alpha value is -2.76. The summed E-state index contributed by atoms with van der Waals surface area (Å²) < 4.78 is 35.3. The summed E-state index contributed by atoms with van der Waals surface area (Å²) in [7, 11) is -1.94. The van der Waals surface area contributed by atoms with Crippen LogP contribution in [0.5, 0.6) is 0 Å². The lowest BCUT2D eigenvalue weighted by molar-refractivity contribution is 0.404. The van der Waals surface area contributed by atoms with Crippen LogP contribution in [-0.2, 0) is 10.0 Å². The van der Waals surface area contributed by atoms with Crippen molar-refractivity contribution < 1.29 is 12.9 Å². The van der Waals surface area contributed by atoms with E-state index in [1.54, 1.807) is 25.4 Å². The molecular formula is C22H29N7O3S. The zero-order chi connectivity index (χ0) is 23.4. The molecule has 1 saturated heterocycles. The molecule has 0 spiro atoms. The van der Waals surface area contributed by atoms with E-state index in [9.17, 15) is 8.42 Å². The molecule has 0 bridgehead atoms. The number of hydrogen-bond donors (Lipinski definition) is 3. The van der Waals surface area contributed by atoms with Crippen molar-refractivity contribution >= 4 is 32.4 Å². The lowest BCUT2D eigenvalue weighted by atomic mass is 10.1. The molecule has 3 N–H and O–H groups in total. The number of fused-ring (bicyclic) bond motifs is 1. The number of nitrogens with one attached hydrogen (secondary N) is 3. The van der Waals surface area contributed by atoms with Gasteiger partial charge in [-0.1, -0.05) is 5.16 Å². The fourth-order valence-electron chi connectivity index (χ4n) is 4.39. The van der Waals surface area contributed by atoms with Crippen LogP contribution >= 0.6 is 0 Å². The monoisotopic (exact) mass is 471 g/mol. The number of sulfonamides is 1. The summed E-state index contributed by atoms with van der Waals surface area (Å²) in [5.74, 6) is 0. The van der Waals surface area contributed by atoms with Crippen molar-refractivity contribution in [1.29, 1.82) is 0 Å². The van der Waals surface area contributed by atoms with Crippen molar-refractivity contribution in [2.24, 2.45) is 0 Å². The van der Waals surface area contributed by atoms with Gasteiger partial charge in [0.2, 0.25) is 10.0 Å². The molecule has 11 heteroatoms. The smallest absolute Gasteiger partial charge is 0.241 e. The molecule has 33 heavy (non-hydrogen) atoms. The number of hydrogen-bond acceptors (Lipinski definition) is 9. The number of anilines is 2. The third kappa shape index (κ3) is 4.28. The molecular weight excluding hydrogens is 442 g/mol. The van der Waals surface area contributed by atoms with Gasteiger partial charge in [0.25, 0.3) is 0 Å². The highest BCUT2D eigenvalue weighted by Gasteiger charge is 2.41. The van der Waals surface area contributed by atoms with E-state index < -0.39 is 10.0 Å². The Balaban J connectivity index is 1.68. The molecule has 10 nitrogen and oxygen atoms in total. The normalized spacial score (nSPS) is 22.5. The van der Waals surface area contributed by atoms with E-state index in [-0.39, 0.29) is 22.5 Å². The largest absolute Gasteiger partial charge is 0.387 e. The standard InChI is InChI=1S/C22H29N7O3S/c1-13-11-29(12-14(2)25-13)19-9-16(33(30,31)28-22(3)5-6-22)8-17-20(27-32-21(17)19)18-7-15(23-4)10-24-26-18/h7-10,13-14,25,28H,5-6,11-12H2,1-4H3,(H,23,26)/t13-,14-/m0/s1. The van der Waals surface area contributed by atoms with Crippen molar-refractivity contribution in [2.45, 2.75) is 56.1 Å². The summed E-state index contributed by atoms with van der Waals surface area (Å²) in [6.45, 7) is 7.59. The quantitative estimate of drug-likeness (QED) is 0.497. The molecule has 1 aromatic carbocycles. The van der Waals surface area contributed by atoms with E-state index in [4.69, 9.17) is 4.52 Å². The van der Waals surface area contributed by atoms with E-state index in [1.807, 2.05) is 13.0 Å². The summed E-state index contributed by atoms with van der Waals surface area (Å²) in [5.41, 5.74) is 2.61. The minimum absolute atomic E-state index is 0.194. The molecule has 0 radical (unpaired) electrons. The van der Waals surface area contributed by atoms with Crippen LogP contribution in [0.4, 0.5) is 11.4 Å².